The predicted octanol–water partition coefficient (Wildman–Crippen LogP) is 4.06. The number of primary sulfonamides is 1. The Balaban J connectivity index is 2.05. The second kappa shape index (κ2) is 6.30. The Labute approximate surface area is 148 Å². The van der Waals surface area contributed by atoms with Crippen LogP contribution in [0.15, 0.2) is 35.2 Å². The number of hydrogen-bond acceptors (Lipinski definition) is 4. The number of benzene rings is 1. The summed E-state index contributed by atoms with van der Waals surface area (Å²) >= 11 is 1.62. The third kappa shape index (κ3) is 3.68. The van der Waals surface area contributed by atoms with Gasteiger partial charge in [0.25, 0.3) is 0 Å². The van der Waals surface area contributed by atoms with Crippen LogP contribution in [-0.4, -0.2) is 15.0 Å². The van der Waals surface area contributed by atoms with Gasteiger partial charge in [-0.2, -0.15) is 13.2 Å². The summed E-state index contributed by atoms with van der Waals surface area (Å²) in [6, 6.07) is 7.21. The molecule has 1 aromatic heterocycles. The van der Waals surface area contributed by atoms with E-state index in [1.807, 2.05) is 24.0 Å². The van der Waals surface area contributed by atoms with Gasteiger partial charge in [-0.15, -0.1) is 11.3 Å². The van der Waals surface area contributed by atoms with Gasteiger partial charge in [0.1, 0.15) is 0 Å². The largest absolute Gasteiger partial charge is 0.417 e. The van der Waals surface area contributed by atoms with Gasteiger partial charge in [0.05, 0.1) is 16.5 Å². The quantitative estimate of drug-likeness (QED) is 0.860. The maximum absolute atomic E-state index is 13.3. The predicted molar refractivity (Wildman–Crippen MR) is 91.2 cm³/mol. The number of nitrogens with two attached hydrogens (primary N) is 1. The lowest BCUT2D eigenvalue weighted by molar-refractivity contribution is -0.139. The first-order valence-corrected chi connectivity index (χ1v) is 10.0. The third-order valence-corrected chi connectivity index (χ3v) is 6.32. The lowest BCUT2D eigenvalue weighted by Crippen LogP contribution is -2.24. The van der Waals surface area contributed by atoms with Gasteiger partial charge in [-0.25, -0.2) is 13.6 Å². The van der Waals surface area contributed by atoms with Gasteiger partial charge in [0, 0.05) is 22.0 Å². The highest BCUT2D eigenvalue weighted by Gasteiger charge is 2.38. The van der Waals surface area contributed by atoms with Crippen LogP contribution in [-0.2, 0) is 16.2 Å². The van der Waals surface area contributed by atoms with Gasteiger partial charge in [-0.3, -0.25) is 0 Å². The van der Waals surface area contributed by atoms with E-state index in [1.165, 1.54) is 6.07 Å². The van der Waals surface area contributed by atoms with Gasteiger partial charge < -0.3 is 4.90 Å². The molecule has 1 aromatic carbocycles. The molecule has 0 amide bonds. The Hall–Kier alpha value is -1.58. The zero-order chi connectivity index (χ0) is 18.4. The molecule has 2 heterocycles. The minimum Gasteiger partial charge on any atom is -0.364 e. The van der Waals surface area contributed by atoms with Crippen molar-refractivity contribution in [3.8, 4) is 0 Å². The van der Waals surface area contributed by atoms with Crippen molar-refractivity contribution in [1.82, 2.24) is 0 Å². The Morgan fingerprint density at radius 1 is 1.24 bits per heavy atom. The summed E-state index contributed by atoms with van der Waals surface area (Å²) in [6.07, 6.45) is -3.09. The molecule has 2 N–H and O–H groups in total. The second-order valence-electron chi connectivity index (χ2n) is 6.02. The Kier molecular flexibility index (Phi) is 4.59. The molecule has 136 valence electrons. The molecule has 0 saturated carbocycles. The molecule has 1 saturated heterocycles. The Morgan fingerprint density at radius 3 is 2.52 bits per heavy atom. The van der Waals surface area contributed by atoms with Gasteiger partial charge in [-0.1, -0.05) is 0 Å². The van der Waals surface area contributed by atoms with E-state index in [0.717, 1.165) is 34.7 Å². The summed E-state index contributed by atoms with van der Waals surface area (Å²) in [7, 11) is -4.46. The van der Waals surface area contributed by atoms with Crippen LogP contribution in [0.25, 0.3) is 0 Å². The van der Waals surface area contributed by atoms with Gasteiger partial charge in [0.15, 0.2) is 0 Å². The monoisotopic (exact) mass is 390 g/mol. The fourth-order valence-electron chi connectivity index (χ4n) is 3.17. The van der Waals surface area contributed by atoms with E-state index < -0.39 is 26.7 Å². The van der Waals surface area contributed by atoms with Crippen molar-refractivity contribution < 1.29 is 21.6 Å². The molecule has 9 heteroatoms. The molecule has 0 aliphatic carbocycles. The molecule has 2 aromatic rings. The van der Waals surface area contributed by atoms with Crippen LogP contribution in [0.1, 0.15) is 34.2 Å². The zero-order valence-corrected chi connectivity index (χ0v) is 15.0. The molecule has 0 radical (unpaired) electrons. The third-order valence-electron chi connectivity index (χ3n) is 4.25. The minimum atomic E-state index is -4.80. The molecule has 1 fully saturated rings. The molecule has 4 nitrogen and oxygen atoms in total. The van der Waals surface area contributed by atoms with E-state index in [9.17, 15) is 21.6 Å². The number of anilines is 1. The van der Waals surface area contributed by atoms with Crippen molar-refractivity contribution in [2.75, 3.05) is 11.4 Å². The number of alkyl halides is 3. The molecule has 0 bridgehead atoms. The number of thiophene rings is 1. The lowest BCUT2D eigenvalue weighted by Gasteiger charge is -2.27. The molecule has 3 rings (SSSR count). The van der Waals surface area contributed by atoms with Crippen molar-refractivity contribution in [1.29, 1.82) is 0 Å². The SMILES string of the molecule is Cc1ccc(C2CCCN2c2ccc(S(N)(=O)=O)c(C(F)(F)F)c2)s1. The van der Waals surface area contributed by atoms with Crippen LogP contribution < -0.4 is 10.0 Å². The molecule has 25 heavy (non-hydrogen) atoms. The van der Waals surface area contributed by atoms with Gasteiger partial charge in [-0.05, 0) is 50.1 Å². The number of hydrogen-bond donors (Lipinski definition) is 1. The van der Waals surface area contributed by atoms with E-state index in [-0.39, 0.29) is 6.04 Å². The normalized spacial score (nSPS) is 18.8. The van der Waals surface area contributed by atoms with E-state index >= 15 is 0 Å². The highest BCUT2D eigenvalue weighted by molar-refractivity contribution is 7.89. The zero-order valence-electron chi connectivity index (χ0n) is 13.4. The van der Waals surface area contributed by atoms with E-state index in [4.69, 9.17) is 5.14 Å². The van der Waals surface area contributed by atoms with Crippen molar-refractivity contribution in [2.45, 2.75) is 36.9 Å². The fraction of sp³-hybridized carbons (Fsp3) is 0.375. The van der Waals surface area contributed by atoms with Crippen molar-refractivity contribution in [3.63, 3.8) is 0 Å². The van der Waals surface area contributed by atoms with Gasteiger partial charge in [0.2, 0.25) is 10.0 Å². The first kappa shape index (κ1) is 18.2. The molecule has 0 spiro atoms. The van der Waals surface area contributed by atoms with Crippen LogP contribution in [0.3, 0.4) is 0 Å². The highest BCUT2D eigenvalue weighted by atomic mass is 32.2. The number of nitrogens with zero attached hydrogens (tertiary/aromatic N) is 1. The molecule has 1 unspecified atom stereocenters. The topological polar surface area (TPSA) is 63.4 Å². The standard InChI is InChI=1S/C16H17F3N2O2S2/c1-10-4-6-14(24-10)13-3-2-8-21(13)11-5-7-15(25(20,22)23)12(9-11)16(17,18)19/h4-7,9,13H,2-3,8H2,1H3,(H2,20,22,23). The number of aryl methyl sites for hydroxylation is 1. The lowest BCUT2D eigenvalue weighted by atomic mass is 10.1. The van der Waals surface area contributed by atoms with E-state index in [0.29, 0.717) is 12.2 Å². The van der Waals surface area contributed by atoms with Crippen LogP contribution >= 0.6 is 11.3 Å². The molecular weight excluding hydrogens is 373 g/mol. The van der Waals surface area contributed by atoms with Gasteiger partial charge >= 0.3 is 6.18 Å². The number of rotatable bonds is 3. The number of sulfonamides is 1. The summed E-state index contributed by atoms with van der Waals surface area (Å²) < 4.78 is 63.0. The van der Waals surface area contributed by atoms with Crippen LogP contribution in [0.4, 0.5) is 18.9 Å². The fourth-order valence-corrected chi connectivity index (χ4v) is 4.93. The smallest absolute Gasteiger partial charge is 0.364 e. The molecule has 1 aliphatic heterocycles. The number of halogens is 3. The second-order valence-corrected chi connectivity index (χ2v) is 8.87. The summed E-state index contributed by atoms with van der Waals surface area (Å²) in [4.78, 5) is 3.24. The van der Waals surface area contributed by atoms with Crippen LogP contribution in [0, 0.1) is 6.92 Å². The van der Waals surface area contributed by atoms with E-state index in [1.54, 1.807) is 11.3 Å². The van der Waals surface area contributed by atoms with Crippen molar-refractivity contribution in [3.05, 3.63) is 45.6 Å². The molecule has 1 atom stereocenters. The van der Waals surface area contributed by atoms with Crippen molar-refractivity contribution in [2.24, 2.45) is 5.14 Å². The summed E-state index contributed by atoms with van der Waals surface area (Å²) in [5.41, 5.74) is -0.867. The first-order valence-electron chi connectivity index (χ1n) is 7.64. The van der Waals surface area contributed by atoms with E-state index in [2.05, 4.69) is 0 Å². The summed E-state index contributed by atoms with van der Waals surface area (Å²) in [5, 5.41) is 4.94. The highest BCUT2D eigenvalue weighted by Crippen LogP contribution is 2.42. The minimum absolute atomic E-state index is 0.000109. The summed E-state index contributed by atoms with van der Waals surface area (Å²) in [5.74, 6) is 0. The molecule has 1 aliphatic rings. The van der Waals surface area contributed by atoms with Crippen LogP contribution in [0.2, 0.25) is 0 Å². The summed E-state index contributed by atoms with van der Waals surface area (Å²) in [6.45, 7) is 2.60. The molecular formula is C16H17F3N2O2S2. The average molecular weight is 390 g/mol. The van der Waals surface area contributed by atoms with Crippen LogP contribution in [0.5, 0.6) is 0 Å². The van der Waals surface area contributed by atoms with Crippen molar-refractivity contribution >= 4 is 27.0 Å². The maximum Gasteiger partial charge on any atom is 0.417 e. The Morgan fingerprint density at radius 2 is 1.96 bits per heavy atom. The maximum atomic E-state index is 13.3. The average Bonchev–Trinajstić information content (AvgIpc) is 3.13. The Bertz CT molecular complexity index is 891. The first-order chi connectivity index (χ1) is 11.6.